The van der Waals surface area contributed by atoms with Crippen molar-refractivity contribution in [3.8, 4) is 0 Å². The third-order valence-corrected chi connectivity index (χ3v) is 1.98. The first kappa shape index (κ1) is 10.9. The maximum Gasteiger partial charge on any atom is 0.321 e. The van der Waals surface area contributed by atoms with Gasteiger partial charge in [0.05, 0.1) is 12.6 Å². The Hall–Kier alpha value is -1.21. The van der Waals surface area contributed by atoms with Gasteiger partial charge in [-0.1, -0.05) is 11.3 Å². The van der Waals surface area contributed by atoms with E-state index >= 15 is 0 Å². The zero-order chi connectivity index (χ0) is 10.4. The van der Waals surface area contributed by atoms with E-state index in [4.69, 9.17) is 4.74 Å². The molecule has 0 aliphatic carbocycles. The molecule has 7 heteroatoms. The summed E-state index contributed by atoms with van der Waals surface area (Å²) in [5, 5.41) is 13.0. The number of anilines is 1. The van der Waals surface area contributed by atoms with Crippen molar-refractivity contribution in [2.75, 3.05) is 19.0 Å². The Bertz CT molecular complexity index is 277. The van der Waals surface area contributed by atoms with Crippen LogP contribution in [-0.2, 0) is 4.74 Å². The fourth-order valence-corrected chi connectivity index (χ4v) is 1.32. The van der Waals surface area contributed by atoms with Crippen molar-refractivity contribution < 1.29 is 9.53 Å². The molecule has 14 heavy (non-hydrogen) atoms. The van der Waals surface area contributed by atoms with Crippen LogP contribution in [0.1, 0.15) is 6.92 Å². The van der Waals surface area contributed by atoms with E-state index in [1.807, 2.05) is 6.92 Å². The lowest BCUT2D eigenvalue weighted by Gasteiger charge is -2.11. The summed E-state index contributed by atoms with van der Waals surface area (Å²) >= 11 is 1.27. The number of amides is 2. The Kier molecular flexibility index (Phi) is 4.27. The molecule has 0 aliphatic rings. The van der Waals surface area contributed by atoms with Gasteiger partial charge in [-0.25, -0.2) is 4.79 Å². The lowest BCUT2D eigenvalue weighted by Crippen LogP contribution is -2.38. The molecule has 0 fully saturated rings. The van der Waals surface area contributed by atoms with Crippen LogP contribution in [0.5, 0.6) is 0 Å². The molecule has 1 aromatic heterocycles. The average Bonchev–Trinajstić information content (AvgIpc) is 2.56. The Balaban J connectivity index is 2.29. The minimum absolute atomic E-state index is 0.0343. The number of rotatable bonds is 4. The van der Waals surface area contributed by atoms with Gasteiger partial charge in [0.25, 0.3) is 0 Å². The lowest BCUT2D eigenvalue weighted by atomic mass is 10.4. The van der Waals surface area contributed by atoms with Gasteiger partial charge in [-0.05, 0) is 6.92 Å². The number of hydrogen-bond donors (Lipinski definition) is 2. The highest BCUT2D eigenvalue weighted by Crippen LogP contribution is 2.06. The first-order valence-electron chi connectivity index (χ1n) is 4.05. The molecule has 1 heterocycles. The molecule has 2 amide bonds. The van der Waals surface area contributed by atoms with E-state index in [0.29, 0.717) is 11.7 Å². The van der Waals surface area contributed by atoms with E-state index in [-0.39, 0.29) is 12.1 Å². The molecule has 0 saturated heterocycles. The molecule has 0 bridgehead atoms. The van der Waals surface area contributed by atoms with Crippen LogP contribution in [0.15, 0.2) is 5.51 Å². The van der Waals surface area contributed by atoms with Gasteiger partial charge in [-0.2, -0.15) is 0 Å². The van der Waals surface area contributed by atoms with E-state index in [1.165, 1.54) is 11.3 Å². The van der Waals surface area contributed by atoms with Gasteiger partial charge in [0.15, 0.2) is 0 Å². The third-order valence-electron chi connectivity index (χ3n) is 1.37. The fraction of sp³-hybridized carbons (Fsp3) is 0.571. The van der Waals surface area contributed by atoms with Crippen LogP contribution in [0.2, 0.25) is 0 Å². The largest absolute Gasteiger partial charge is 0.383 e. The van der Waals surface area contributed by atoms with Gasteiger partial charge in [0, 0.05) is 7.11 Å². The number of methoxy groups -OCH3 is 1. The summed E-state index contributed by atoms with van der Waals surface area (Å²) in [5.74, 6) is 0. The lowest BCUT2D eigenvalue weighted by molar-refractivity contribution is 0.173. The monoisotopic (exact) mass is 216 g/mol. The van der Waals surface area contributed by atoms with E-state index in [1.54, 1.807) is 12.6 Å². The number of ether oxygens (including phenoxy) is 1. The van der Waals surface area contributed by atoms with Crippen molar-refractivity contribution in [3.63, 3.8) is 0 Å². The van der Waals surface area contributed by atoms with Crippen LogP contribution < -0.4 is 10.6 Å². The molecular weight excluding hydrogens is 204 g/mol. The standard InChI is InChI=1S/C7H12N4O2S/c1-5(3-13-2)9-6(12)10-7-11-8-4-14-7/h4-5H,3H2,1-2H3,(H2,9,10,11,12)/t5-/m0/s1. The number of carbonyl (C=O) groups excluding carboxylic acids is 1. The van der Waals surface area contributed by atoms with Gasteiger partial charge in [0.2, 0.25) is 5.13 Å². The van der Waals surface area contributed by atoms with Crippen LogP contribution in [0, 0.1) is 0 Å². The van der Waals surface area contributed by atoms with Crippen molar-refractivity contribution in [1.82, 2.24) is 15.5 Å². The predicted octanol–water partition coefficient (Wildman–Crippen LogP) is 0.694. The van der Waals surface area contributed by atoms with Crippen LogP contribution >= 0.6 is 11.3 Å². The minimum Gasteiger partial charge on any atom is -0.383 e. The second-order valence-electron chi connectivity index (χ2n) is 2.70. The van der Waals surface area contributed by atoms with Gasteiger partial charge >= 0.3 is 6.03 Å². The molecule has 78 valence electrons. The number of nitrogens with zero attached hydrogens (tertiary/aromatic N) is 2. The minimum atomic E-state index is -0.300. The average molecular weight is 216 g/mol. The fourth-order valence-electron chi connectivity index (χ4n) is 0.876. The summed E-state index contributed by atoms with van der Waals surface area (Å²) in [6.07, 6.45) is 0. The quantitative estimate of drug-likeness (QED) is 0.776. The van der Waals surface area contributed by atoms with Crippen LogP contribution in [-0.4, -0.2) is 36.0 Å². The second kappa shape index (κ2) is 5.51. The maximum absolute atomic E-state index is 11.3. The third kappa shape index (κ3) is 3.67. The molecule has 6 nitrogen and oxygen atoms in total. The van der Waals surface area contributed by atoms with Crippen molar-refractivity contribution in [3.05, 3.63) is 5.51 Å². The predicted molar refractivity (Wildman–Crippen MR) is 53.4 cm³/mol. The van der Waals surface area contributed by atoms with Crippen molar-refractivity contribution in [2.45, 2.75) is 13.0 Å². The Morgan fingerprint density at radius 2 is 2.57 bits per heavy atom. The first-order chi connectivity index (χ1) is 6.72. The zero-order valence-electron chi connectivity index (χ0n) is 7.98. The van der Waals surface area contributed by atoms with Crippen molar-refractivity contribution in [2.24, 2.45) is 0 Å². The van der Waals surface area contributed by atoms with Gasteiger partial charge < -0.3 is 10.1 Å². The number of hydrogen-bond acceptors (Lipinski definition) is 5. The number of nitrogens with one attached hydrogen (secondary N) is 2. The second-order valence-corrected chi connectivity index (χ2v) is 3.53. The summed E-state index contributed by atoms with van der Waals surface area (Å²) in [7, 11) is 1.58. The summed E-state index contributed by atoms with van der Waals surface area (Å²) in [6, 6.07) is -0.334. The molecule has 0 spiro atoms. The van der Waals surface area contributed by atoms with Gasteiger partial charge in [-0.3, -0.25) is 5.32 Å². The highest BCUT2D eigenvalue weighted by Gasteiger charge is 2.07. The molecule has 1 aromatic rings. The molecule has 0 aliphatic heterocycles. The summed E-state index contributed by atoms with van der Waals surface area (Å²) in [6.45, 7) is 2.33. The van der Waals surface area contributed by atoms with Crippen molar-refractivity contribution in [1.29, 1.82) is 0 Å². The smallest absolute Gasteiger partial charge is 0.321 e. The van der Waals surface area contributed by atoms with E-state index in [2.05, 4.69) is 20.8 Å². The zero-order valence-corrected chi connectivity index (χ0v) is 8.80. The summed E-state index contributed by atoms with van der Waals surface area (Å²) in [5.41, 5.74) is 1.55. The van der Waals surface area contributed by atoms with E-state index in [9.17, 15) is 4.79 Å². The molecule has 1 atom stereocenters. The Morgan fingerprint density at radius 1 is 1.79 bits per heavy atom. The molecule has 0 saturated carbocycles. The molecule has 2 N–H and O–H groups in total. The molecule has 0 radical (unpaired) electrons. The normalized spacial score (nSPS) is 12.1. The van der Waals surface area contributed by atoms with Crippen LogP contribution in [0.4, 0.5) is 9.93 Å². The number of carbonyl (C=O) groups is 1. The maximum atomic E-state index is 11.3. The Morgan fingerprint density at radius 3 is 3.14 bits per heavy atom. The number of aromatic nitrogens is 2. The summed E-state index contributed by atoms with van der Waals surface area (Å²) < 4.78 is 4.87. The first-order valence-corrected chi connectivity index (χ1v) is 4.93. The topological polar surface area (TPSA) is 76.1 Å². The van der Waals surface area contributed by atoms with E-state index in [0.717, 1.165) is 0 Å². The molecule has 0 aromatic carbocycles. The van der Waals surface area contributed by atoms with Crippen molar-refractivity contribution >= 4 is 22.5 Å². The van der Waals surface area contributed by atoms with Gasteiger partial charge in [-0.15, -0.1) is 10.2 Å². The highest BCUT2D eigenvalue weighted by atomic mass is 32.1. The summed E-state index contributed by atoms with van der Waals surface area (Å²) in [4.78, 5) is 11.3. The van der Waals surface area contributed by atoms with Crippen LogP contribution in [0.3, 0.4) is 0 Å². The SMILES string of the molecule is COC[C@H](C)NC(=O)Nc1nncs1. The molecular formula is C7H12N4O2S. The van der Waals surface area contributed by atoms with E-state index < -0.39 is 0 Å². The van der Waals surface area contributed by atoms with Gasteiger partial charge in [0.1, 0.15) is 5.51 Å². The number of urea groups is 1. The molecule has 1 rings (SSSR count). The molecule has 0 unspecified atom stereocenters. The van der Waals surface area contributed by atoms with Crippen LogP contribution in [0.25, 0.3) is 0 Å². The highest BCUT2D eigenvalue weighted by molar-refractivity contribution is 7.13. The Labute approximate surface area is 85.7 Å².